The fourth-order valence-corrected chi connectivity index (χ4v) is 3.21. The zero-order valence-corrected chi connectivity index (χ0v) is 22.8. The Labute approximate surface area is 219 Å². The van der Waals surface area contributed by atoms with Gasteiger partial charge in [-0.15, -0.1) is 0 Å². The summed E-state index contributed by atoms with van der Waals surface area (Å²) in [6.45, 7) is 9.96. The molecule has 0 unspecified atom stereocenters. The zero-order valence-electron chi connectivity index (χ0n) is 22.8. The maximum atomic E-state index is 12.2. The van der Waals surface area contributed by atoms with E-state index in [0.29, 0.717) is 0 Å². The van der Waals surface area contributed by atoms with E-state index in [1.165, 1.54) is 0 Å². The third kappa shape index (κ3) is 18.2. The Kier molecular flexibility index (Phi) is 19.7. The Bertz CT molecular complexity index is 616. The van der Waals surface area contributed by atoms with Gasteiger partial charge < -0.3 is 23.7 Å². The Balaban J connectivity index is 5.41. The third-order valence-electron chi connectivity index (χ3n) is 4.76. The molecule has 0 rings (SSSR count). The maximum Gasteiger partial charge on any atom is 0.320 e. The van der Waals surface area contributed by atoms with Crippen molar-refractivity contribution in [3.8, 4) is 0 Å². The molecule has 0 fully saturated rings. The van der Waals surface area contributed by atoms with Gasteiger partial charge in [0.2, 0.25) is 0 Å². The van der Waals surface area contributed by atoms with Crippen LogP contribution in [0, 0.1) is 0 Å². The van der Waals surface area contributed by atoms with Gasteiger partial charge >= 0.3 is 29.8 Å². The van der Waals surface area contributed by atoms with Crippen molar-refractivity contribution >= 4 is 29.8 Å². The number of esters is 5. The van der Waals surface area contributed by atoms with Gasteiger partial charge in [0.15, 0.2) is 0 Å². The summed E-state index contributed by atoms with van der Waals surface area (Å²) in [5.41, 5.74) is 0. The van der Waals surface area contributed by atoms with E-state index in [9.17, 15) is 24.0 Å². The molecular weight excluding hydrogens is 490 g/mol. The first-order valence-corrected chi connectivity index (χ1v) is 12.6. The van der Waals surface area contributed by atoms with Crippen LogP contribution in [0.4, 0.5) is 0 Å². The first kappa shape index (κ1) is 34.2. The fraction of sp³-hybridized carbons (Fsp3) is 0.792. The molecule has 0 aliphatic heterocycles. The number of nitrogens with zero attached hydrogens (tertiary/aromatic N) is 3. The van der Waals surface area contributed by atoms with Crippen LogP contribution in [-0.2, 0) is 47.7 Å². The van der Waals surface area contributed by atoms with E-state index in [0.717, 1.165) is 0 Å². The van der Waals surface area contributed by atoms with Crippen LogP contribution in [0.1, 0.15) is 34.6 Å². The first-order valence-electron chi connectivity index (χ1n) is 12.6. The van der Waals surface area contributed by atoms with Crippen molar-refractivity contribution in [2.75, 3.05) is 91.9 Å². The number of hydrogen-bond donors (Lipinski definition) is 0. The Hall–Kier alpha value is -2.77. The average molecular weight is 534 g/mol. The lowest BCUT2D eigenvalue weighted by Crippen LogP contribution is -2.46. The molecule has 0 aromatic carbocycles. The van der Waals surface area contributed by atoms with Crippen LogP contribution in [0.3, 0.4) is 0 Å². The molecule has 0 aromatic heterocycles. The van der Waals surface area contributed by atoms with E-state index in [1.807, 2.05) is 0 Å². The highest BCUT2D eigenvalue weighted by Gasteiger charge is 2.21. The normalized spacial score (nSPS) is 10.9. The number of hydrogen-bond acceptors (Lipinski definition) is 13. The molecule has 0 radical (unpaired) electrons. The fourth-order valence-electron chi connectivity index (χ4n) is 3.21. The molecule has 0 saturated heterocycles. The van der Waals surface area contributed by atoms with E-state index >= 15 is 0 Å². The summed E-state index contributed by atoms with van der Waals surface area (Å²) >= 11 is 0. The van der Waals surface area contributed by atoms with Gasteiger partial charge in [-0.3, -0.25) is 38.7 Å². The van der Waals surface area contributed by atoms with Gasteiger partial charge in [-0.05, 0) is 34.6 Å². The van der Waals surface area contributed by atoms with Gasteiger partial charge in [0, 0.05) is 26.2 Å². The Morgan fingerprint density at radius 2 is 0.568 bits per heavy atom. The number of rotatable bonds is 21. The van der Waals surface area contributed by atoms with Crippen molar-refractivity contribution < 1.29 is 47.7 Å². The molecule has 0 amide bonds. The Morgan fingerprint density at radius 3 is 0.784 bits per heavy atom. The van der Waals surface area contributed by atoms with Gasteiger partial charge in [-0.1, -0.05) is 0 Å². The topological polar surface area (TPSA) is 141 Å². The quantitative estimate of drug-likeness (QED) is 0.141. The number of carbonyl (C=O) groups is 5. The van der Waals surface area contributed by atoms with Crippen molar-refractivity contribution in [3.05, 3.63) is 0 Å². The van der Waals surface area contributed by atoms with Crippen molar-refractivity contribution in [2.45, 2.75) is 34.6 Å². The molecule has 0 aliphatic carbocycles. The van der Waals surface area contributed by atoms with Crippen molar-refractivity contribution in [2.24, 2.45) is 0 Å². The summed E-state index contributed by atoms with van der Waals surface area (Å²) in [5.74, 6) is -2.40. The summed E-state index contributed by atoms with van der Waals surface area (Å²) in [4.78, 5) is 65.2. The monoisotopic (exact) mass is 533 g/mol. The largest absolute Gasteiger partial charge is 0.465 e. The van der Waals surface area contributed by atoms with E-state index in [-0.39, 0.29) is 91.9 Å². The molecule has 0 atom stereocenters. The van der Waals surface area contributed by atoms with E-state index in [2.05, 4.69) is 0 Å². The molecule has 13 nitrogen and oxygen atoms in total. The first-order chi connectivity index (χ1) is 17.7. The third-order valence-corrected chi connectivity index (χ3v) is 4.76. The zero-order chi connectivity index (χ0) is 28.1. The van der Waals surface area contributed by atoms with E-state index < -0.39 is 29.8 Å². The second-order valence-corrected chi connectivity index (χ2v) is 7.72. The molecule has 0 spiro atoms. The van der Waals surface area contributed by atoms with Gasteiger partial charge in [-0.25, -0.2) is 0 Å². The smallest absolute Gasteiger partial charge is 0.320 e. The molecular formula is C24H43N3O10. The number of carbonyl (C=O) groups excluding carboxylic acids is 5. The molecule has 37 heavy (non-hydrogen) atoms. The van der Waals surface area contributed by atoms with Crippen LogP contribution in [0.2, 0.25) is 0 Å². The average Bonchev–Trinajstić information content (AvgIpc) is 2.81. The van der Waals surface area contributed by atoms with Gasteiger partial charge in [0.1, 0.15) is 0 Å². The predicted molar refractivity (Wildman–Crippen MR) is 132 cm³/mol. The van der Waals surface area contributed by atoms with Crippen LogP contribution in [0.25, 0.3) is 0 Å². The van der Waals surface area contributed by atoms with Crippen LogP contribution >= 0.6 is 0 Å². The molecule has 0 heterocycles. The minimum atomic E-state index is -0.487. The van der Waals surface area contributed by atoms with Crippen LogP contribution in [0.5, 0.6) is 0 Å². The number of ether oxygens (including phenoxy) is 5. The van der Waals surface area contributed by atoms with E-state index in [1.54, 1.807) is 49.3 Å². The minimum Gasteiger partial charge on any atom is -0.465 e. The molecule has 0 aromatic rings. The van der Waals surface area contributed by atoms with Crippen LogP contribution in [-0.4, -0.2) is 136 Å². The van der Waals surface area contributed by atoms with Crippen molar-refractivity contribution in [1.29, 1.82) is 0 Å². The van der Waals surface area contributed by atoms with Crippen LogP contribution < -0.4 is 0 Å². The van der Waals surface area contributed by atoms with Gasteiger partial charge in [0.25, 0.3) is 0 Å². The summed E-state index contributed by atoms with van der Waals surface area (Å²) in [6.07, 6.45) is 0. The highest BCUT2D eigenvalue weighted by Crippen LogP contribution is 2.00. The standard InChI is InChI=1S/C24H43N3O10/c1-6-33-20(28)15-25(11-13-26(16-21(29)34-7-2)17-22(30)35-8-3)12-14-27(18-23(31)36-9-4)19-24(32)37-10-5/h6-19H2,1-5H3. The van der Waals surface area contributed by atoms with Crippen LogP contribution in [0.15, 0.2) is 0 Å². The summed E-state index contributed by atoms with van der Waals surface area (Å²) < 4.78 is 25.0. The molecule has 0 saturated carbocycles. The minimum absolute atomic E-state index is 0.0624. The lowest BCUT2D eigenvalue weighted by molar-refractivity contribution is -0.149. The highest BCUT2D eigenvalue weighted by atomic mass is 16.5. The molecule has 214 valence electrons. The Morgan fingerprint density at radius 1 is 0.378 bits per heavy atom. The summed E-state index contributed by atoms with van der Waals surface area (Å²) in [5, 5.41) is 0. The van der Waals surface area contributed by atoms with E-state index in [4.69, 9.17) is 23.7 Å². The van der Waals surface area contributed by atoms with Gasteiger partial charge in [-0.2, -0.15) is 0 Å². The lowest BCUT2D eigenvalue weighted by atomic mass is 10.3. The SMILES string of the molecule is CCOC(=O)CN(CCN(CC(=O)OCC)CC(=O)OCC)CCN(CC(=O)OCC)CC(=O)OCC. The maximum absolute atomic E-state index is 12.2. The van der Waals surface area contributed by atoms with Crippen molar-refractivity contribution in [3.63, 3.8) is 0 Å². The molecule has 0 aliphatic rings. The second-order valence-electron chi connectivity index (χ2n) is 7.72. The molecule has 13 heteroatoms. The van der Waals surface area contributed by atoms with Gasteiger partial charge in [0.05, 0.1) is 65.8 Å². The molecule has 0 bridgehead atoms. The summed E-state index contributed by atoms with van der Waals surface area (Å²) in [7, 11) is 0. The molecule has 0 N–H and O–H groups in total. The summed E-state index contributed by atoms with van der Waals surface area (Å²) in [6, 6.07) is 0. The highest BCUT2D eigenvalue weighted by molar-refractivity contribution is 5.75. The van der Waals surface area contributed by atoms with Crippen molar-refractivity contribution in [1.82, 2.24) is 14.7 Å². The lowest BCUT2D eigenvalue weighted by Gasteiger charge is -2.28. The predicted octanol–water partition coefficient (Wildman–Crippen LogP) is -0.292. The second kappa shape index (κ2) is 21.3.